The second kappa shape index (κ2) is 8.23. The molecule has 8 heteroatoms. The predicted molar refractivity (Wildman–Crippen MR) is 120 cm³/mol. The Balaban J connectivity index is 1.54. The monoisotopic (exact) mass is 432 g/mol. The number of phenols is 1. The zero-order valence-corrected chi connectivity index (χ0v) is 17.4. The molecule has 0 unspecified atom stereocenters. The molecule has 0 saturated carbocycles. The van der Waals surface area contributed by atoms with Crippen molar-refractivity contribution in [1.29, 1.82) is 0 Å². The maximum Gasteiger partial charge on any atom is 0.248 e. The van der Waals surface area contributed by atoms with Gasteiger partial charge in [-0.25, -0.2) is 9.97 Å². The summed E-state index contributed by atoms with van der Waals surface area (Å²) in [6.07, 6.45) is 4.90. The molecule has 0 bridgehead atoms. The molecule has 4 aromatic rings. The maximum atomic E-state index is 12.9. The zero-order valence-electron chi connectivity index (χ0n) is 16.6. The van der Waals surface area contributed by atoms with Crippen LogP contribution in [0.3, 0.4) is 0 Å². The Kier molecular flexibility index (Phi) is 5.13. The molecule has 4 heterocycles. The van der Waals surface area contributed by atoms with Crippen LogP contribution in [0.15, 0.2) is 70.8 Å². The van der Waals surface area contributed by atoms with E-state index in [0.717, 1.165) is 18.4 Å². The van der Waals surface area contributed by atoms with Crippen LogP contribution in [0.25, 0.3) is 22.6 Å². The van der Waals surface area contributed by atoms with Crippen LogP contribution in [0.4, 0.5) is 10.9 Å². The molecular formula is C23H20N4O3S. The van der Waals surface area contributed by atoms with Gasteiger partial charge in [0.1, 0.15) is 23.4 Å². The maximum absolute atomic E-state index is 12.9. The summed E-state index contributed by atoms with van der Waals surface area (Å²) < 4.78 is 5.61. The van der Waals surface area contributed by atoms with Gasteiger partial charge in [-0.1, -0.05) is 12.1 Å². The van der Waals surface area contributed by atoms with E-state index in [9.17, 15) is 9.90 Å². The number of para-hydroxylation sites is 1. The summed E-state index contributed by atoms with van der Waals surface area (Å²) in [4.78, 5) is 23.9. The summed E-state index contributed by atoms with van der Waals surface area (Å²) in [7, 11) is 0. The minimum atomic E-state index is -0.347. The fraction of sp³-hybridized carbons (Fsp3) is 0.174. The van der Waals surface area contributed by atoms with E-state index in [-0.39, 0.29) is 17.7 Å². The highest BCUT2D eigenvalue weighted by atomic mass is 32.1. The number of amides is 1. The van der Waals surface area contributed by atoms with Gasteiger partial charge in [0.05, 0.1) is 12.0 Å². The number of thiazole rings is 1. The van der Waals surface area contributed by atoms with Crippen molar-refractivity contribution in [3.8, 4) is 28.3 Å². The molecule has 3 aromatic heterocycles. The number of furan rings is 1. The van der Waals surface area contributed by atoms with E-state index < -0.39 is 0 Å². The van der Waals surface area contributed by atoms with Crippen LogP contribution in [-0.4, -0.2) is 33.6 Å². The molecule has 2 N–H and O–H groups in total. The van der Waals surface area contributed by atoms with E-state index >= 15 is 0 Å². The van der Waals surface area contributed by atoms with Crippen molar-refractivity contribution in [3.63, 3.8) is 0 Å². The first-order chi connectivity index (χ1) is 15.2. The predicted octanol–water partition coefficient (Wildman–Crippen LogP) is 4.78. The van der Waals surface area contributed by atoms with Gasteiger partial charge in [0.15, 0.2) is 5.13 Å². The standard InChI is InChI=1S/C23H20N4O3S/c28-19-7-2-1-5-16(19)17-13-15(20-8-4-11-30-20)14-21(25-17)27-10-3-6-18(27)22(29)26-23-24-9-12-31-23/h1-2,4-5,7-9,11-14,18,28H,3,6,10H2,(H,24,26,29)/t18-/m0/s1. The minimum Gasteiger partial charge on any atom is -0.507 e. The topological polar surface area (TPSA) is 91.5 Å². The Labute approximate surface area is 183 Å². The lowest BCUT2D eigenvalue weighted by Crippen LogP contribution is -2.40. The average molecular weight is 433 g/mol. The van der Waals surface area contributed by atoms with Crippen molar-refractivity contribution in [2.75, 3.05) is 16.8 Å². The normalized spacial score (nSPS) is 15.9. The third-order valence-corrected chi connectivity index (χ3v) is 6.00. The largest absolute Gasteiger partial charge is 0.507 e. The molecule has 1 aliphatic rings. The number of pyridine rings is 1. The molecule has 0 radical (unpaired) electrons. The fourth-order valence-electron chi connectivity index (χ4n) is 3.86. The zero-order chi connectivity index (χ0) is 21.2. The van der Waals surface area contributed by atoms with Crippen molar-refractivity contribution >= 4 is 28.2 Å². The Morgan fingerprint density at radius 3 is 2.90 bits per heavy atom. The summed E-state index contributed by atoms with van der Waals surface area (Å²) >= 11 is 1.39. The number of benzene rings is 1. The summed E-state index contributed by atoms with van der Waals surface area (Å²) in [5, 5.41) is 15.7. The van der Waals surface area contributed by atoms with E-state index in [1.54, 1.807) is 24.6 Å². The second-order valence-electron chi connectivity index (χ2n) is 7.27. The molecule has 156 valence electrons. The number of aromatic nitrogens is 2. The first-order valence-corrected chi connectivity index (χ1v) is 10.9. The van der Waals surface area contributed by atoms with E-state index in [1.807, 2.05) is 46.7 Å². The van der Waals surface area contributed by atoms with Gasteiger partial charge >= 0.3 is 0 Å². The van der Waals surface area contributed by atoms with Gasteiger partial charge in [0, 0.05) is 29.2 Å². The second-order valence-corrected chi connectivity index (χ2v) is 8.17. The Hall–Kier alpha value is -3.65. The summed E-state index contributed by atoms with van der Waals surface area (Å²) in [6.45, 7) is 0.713. The van der Waals surface area contributed by atoms with E-state index in [1.165, 1.54) is 11.3 Å². The third-order valence-electron chi connectivity index (χ3n) is 5.31. The smallest absolute Gasteiger partial charge is 0.248 e. The number of carbonyl (C=O) groups is 1. The number of rotatable bonds is 5. The van der Waals surface area contributed by atoms with Crippen molar-refractivity contribution in [2.45, 2.75) is 18.9 Å². The molecule has 1 fully saturated rings. The van der Waals surface area contributed by atoms with Crippen molar-refractivity contribution in [2.24, 2.45) is 0 Å². The lowest BCUT2D eigenvalue weighted by Gasteiger charge is -2.25. The molecule has 5 rings (SSSR count). The first-order valence-electron chi connectivity index (χ1n) is 10.0. The molecule has 0 spiro atoms. The van der Waals surface area contributed by atoms with Crippen LogP contribution in [0, 0.1) is 0 Å². The fourth-order valence-corrected chi connectivity index (χ4v) is 4.40. The molecular weight excluding hydrogens is 412 g/mol. The molecule has 1 aromatic carbocycles. The van der Waals surface area contributed by atoms with Gasteiger partial charge in [0.25, 0.3) is 0 Å². The van der Waals surface area contributed by atoms with Gasteiger partial charge in [-0.2, -0.15) is 0 Å². The molecule has 31 heavy (non-hydrogen) atoms. The number of carbonyl (C=O) groups excluding carboxylic acids is 1. The van der Waals surface area contributed by atoms with Gasteiger partial charge in [-0.05, 0) is 49.2 Å². The van der Waals surface area contributed by atoms with Crippen LogP contribution in [-0.2, 0) is 4.79 Å². The lowest BCUT2D eigenvalue weighted by molar-refractivity contribution is -0.117. The van der Waals surface area contributed by atoms with Crippen LogP contribution >= 0.6 is 11.3 Å². The highest BCUT2D eigenvalue weighted by Gasteiger charge is 2.32. The molecule has 1 saturated heterocycles. The highest BCUT2D eigenvalue weighted by Crippen LogP contribution is 2.35. The Morgan fingerprint density at radius 1 is 1.23 bits per heavy atom. The number of nitrogens with one attached hydrogen (secondary N) is 1. The quantitative estimate of drug-likeness (QED) is 0.472. The van der Waals surface area contributed by atoms with Crippen molar-refractivity contribution in [3.05, 3.63) is 66.4 Å². The van der Waals surface area contributed by atoms with E-state index in [0.29, 0.717) is 34.5 Å². The minimum absolute atomic E-state index is 0.0956. The van der Waals surface area contributed by atoms with Crippen LogP contribution < -0.4 is 10.2 Å². The van der Waals surface area contributed by atoms with Crippen molar-refractivity contribution < 1.29 is 14.3 Å². The van der Waals surface area contributed by atoms with Gasteiger partial charge < -0.3 is 19.7 Å². The number of aromatic hydroxyl groups is 1. The summed E-state index contributed by atoms with van der Waals surface area (Å²) in [6, 6.07) is 14.3. The van der Waals surface area contributed by atoms with Gasteiger partial charge in [0.2, 0.25) is 5.91 Å². The van der Waals surface area contributed by atoms with Gasteiger partial charge in [-0.15, -0.1) is 11.3 Å². The first kappa shape index (κ1) is 19.3. The number of hydrogen-bond donors (Lipinski definition) is 2. The summed E-state index contributed by atoms with van der Waals surface area (Å²) in [5.41, 5.74) is 2.08. The number of nitrogens with zero attached hydrogens (tertiary/aromatic N) is 3. The Bertz CT molecular complexity index is 1190. The SMILES string of the molecule is O=C(Nc1nccs1)[C@@H]1CCCN1c1cc(-c2ccco2)cc(-c2ccccc2O)n1. The van der Waals surface area contributed by atoms with Crippen LogP contribution in [0.5, 0.6) is 5.75 Å². The van der Waals surface area contributed by atoms with Crippen LogP contribution in [0.2, 0.25) is 0 Å². The lowest BCUT2D eigenvalue weighted by atomic mass is 10.1. The van der Waals surface area contributed by atoms with E-state index in [2.05, 4.69) is 10.3 Å². The number of hydrogen-bond acceptors (Lipinski definition) is 7. The van der Waals surface area contributed by atoms with E-state index in [4.69, 9.17) is 9.40 Å². The van der Waals surface area contributed by atoms with Crippen LogP contribution in [0.1, 0.15) is 12.8 Å². The van der Waals surface area contributed by atoms with Gasteiger partial charge in [-0.3, -0.25) is 4.79 Å². The number of anilines is 2. The third kappa shape index (κ3) is 3.89. The molecule has 0 aliphatic carbocycles. The molecule has 1 atom stereocenters. The van der Waals surface area contributed by atoms with Crippen molar-refractivity contribution in [1.82, 2.24) is 9.97 Å². The Morgan fingerprint density at radius 2 is 2.13 bits per heavy atom. The highest BCUT2D eigenvalue weighted by molar-refractivity contribution is 7.13. The molecule has 1 aliphatic heterocycles. The number of phenolic OH excluding ortho intramolecular Hbond substituents is 1. The average Bonchev–Trinajstić information content (AvgIpc) is 3.56. The molecule has 1 amide bonds. The summed E-state index contributed by atoms with van der Waals surface area (Å²) in [5.74, 6) is 1.42. The molecule has 7 nitrogen and oxygen atoms in total.